The zero-order valence-corrected chi connectivity index (χ0v) is 20.6. The number of carbonyl (C=O) groups excluding carboxylic acids is 1. The fraction of sp³-hybridized carbons (Fsp3) is 0.440. The van der Waals surface area contributed by atoms with Gasteiger partial charge < -0.3 is 20.1 Å². The number of nitrogens with one attached hydrogen (secondary N) is 1. The summed E-state index contributed by atoms with van der Waals surface area (Å²) in [5.41, 5.74) is -1.68. The summed E-state index contributed by atoms with van der Waals surface area (Å²) >= 11 is 0. The van der Waals surface area contributed by atoms with E-state index in [0.717, 1.165) is 19.3 Å². The van der Waals surface area contributed by atoms with E-state index >= 15 is 4.48 Å². The topological polar surface area (TPSA) is 116 Å². The Balaban J connectivity index is 1.42. The van der Waals surface area contributed by atoms with Crippen LogP contribution in [-0.2, 0) is 21.4 Å². The molecule has 4 atom stereocenters. The number of hydrogen-bond donors (Lipinski definition) is 2. The second-order valence-corrected chi connectivity index (χ2v) is 11.2. The maximum absolute atomic E-state index is 16.0. The average Bonchev–Trinajstić information content (AvgIpc) is 3.35. The van der Waals surface area contributed by atoms with Crippen LogP contribution in [0.4, 0.5) is 9.28 Å². The number of nitrogens with zero attached hydrogens (tertiary/aromatic N) is 2. The minimum Gasteiger partial charge on any atom is -0.493 e. The van der Waals surface area contributed by atoms with Gasteiger partial charge in [0.2, 0.25) is 0 Å². The molecule has 2 aromatic carbocycles. The Kier molecular flexibility index (Phi) is 6.16. The first-order valence-electron chi connectivity index (χ1n) is 12.0. The number of urea groups is 1. The number of sulfonamides is 1. The Bertz CT molecular complexity index is 1300. The molecule has 1 aliphatic carbocycles. The second-order valence-electron chi connectivity index (χ2n) is 9.45. The summed E-state index contributed by atoms with van der Waals surface area (Å²) in [6.45, 7) is 2.37. The van der Waals surface area contributed by atoms with Crippen molar-refractivity contribution in [2.75, 3.05) is 13.2 Å². The summed E-state index contributed by atoms with van der Waals surface area (Å²) in [4.78, 5) is 26.5. The minimum absolute atomic E-state index is 0.115. The lowest BCUT2D eigenvalue weighted by Crippen LogP contribution is -2.45. The standard InChI is InChI=1S/C25H28FN3O6S/c1-2-17-9-7-13-28(17)24(32)27-14-16-8-3-6-12-21(16)36(33,34)29(26)25(23(30)31)19-15-35-20-11-5-4-10-18(20)22(19)25/h3-6,8,10-12,17,19,22H,2,7,9,13-15H2,1H3,(H,27,32)(H,30,31)/t17-,19?,22?,25?/m0/s1. The van der Waals surface area contributed by atoms with Crippen molar-refractivity contribution in [3.8, 4) is 5.75 Å². The van der Waals surface area contributed by atoms with Crippen molar-refractivity contribution in [2.45, 2.75) is 55.1 Å². The highest BCUT2D eigenvalue weighted by Crippen LogP contribution is 2.66. The molecule has 3 aliphatic rings. The molecule has 2 N–H and O–H groups in total. The zero-order valence-electron chi connectivity index (χ0n) is 19.8. The fourth-order valence-corrected chi connectivity index (χ4v) is 7.38. The predicted molar refractivity (Wildman–Crippen MR) is 127 cm³/mol. The molecule has 1 saturated carbocycles. The largest absolute Gasteiger partial charge is 0.493 e. The Morgan fingerprint density at radius 2 is 1.94 bits per heavy atom. The lowest BCUT2D eigenvalue weighted by atomic mass is 10.0. The minimum atomic E-state index is -4.89. The number of carboxylic acid groups (broad SMARTS) is 1. The highest BCUT2D eigenvalue weighted by molar-refractivity contribution is 7.89. The van der Waals surface area contributed by atoms with Crippen LogP contribution in [0.1, 0.15) is 43.2 Å². The van der Waals surface area contributed by atoms with Crippen molar-refractivity contribution < 1.29 is 32.3 Å². The van der Waals surface area contributed by atoms with Gasteiger partial charge in [-0.05, 0) is 41.5 Å². The quantitative estimate of drug-likeness (QED) is 0.545. The van der Waals surface area contributed by atoms with E-state index in [4.69, 9.17) is 4.74 Å². The molecule has 2 aromatic rings. The number of benzene rings is 2. The van der Waals surface area contributed by atoms with Gasteiger partial charge in [0.1, 0.15) is 5.75 Å². The third-order valence-corrected chi connectivity index (χ3v) is 9.32. The van der Waals surface area contributed by atoms with Crippen molar-refractivity contribution >= 4 is 22.0 Å². The number of amides is 2. The van der Waals surface area contributed by atoms with Gasteiger partial charge in [0.05, 0.1) is 11.5 Å². The number of halogens is 1. The number of rotatable bonds is 7. The van der Waals surface area contributed by atoms with Gasteiger partial charge in [0, 0.05) is 36.5 Å². The van der Waals surface area contributed by atoms with Gasteiger partial charge in [-0.15, -0.1) is 4.48 Å². The fourth-order valence-electron chi connectivity index (χ4n) is 5.76. The van der Waals surface area contributed by atoms with Gasteiger partial charge in [0.15, 0.2) is 5.54 Å². The van der Waals surface area contributed by atoms with Crippen LogP contribution in [0.25, 0.3) is 0 Å². The first-order valence-corrected chi connectivity index (χ1v) is 13.5. The monoisotopic (exact) mass is 517 g/mol. The molecular weight excluding hydrogens is 489 g/mol. The Hall–Kier alpha value is -3.18. The van der Waals surface area contributed by atoms with Crippen LogP contribution in [0.5, 0.6) is 5.75 Å². The number of hydrogen-bond acceptors (Lipinski definition) is 5. The number of ether oxygens (including phenoxy) is 1. The SMILES string of the molecule is CC[C@H]1CCCN1C(=O)NCc1ccccc1S(=O)(=O)N(F)C1(C(=O)O)C2COc3ccccc3C21. The molecule has 0 bridgehead atoms. The van der Waals surface area contributed by atoms with Crippen LogP contribution >= 0.6 is 0 Å². The van der Waals surface area contributed by atoms with Crippen LogP contribution < -0.4 is 10.1 Å². The first-order chi connectivity index (χ1) is 17.2. The molecule has 36 heavy (non-hydrogen) atoms. The Morgan fingerprint density at radius 1 is 1.22 bits per heavy atom. The van der Waals surface area contributed by atoms with Gasteiger partial charge in [0.25, 0.3) is 10.0 Å². The maximum Gasteiger partial charge on any atom is 0.329 e. The molecule has 0 radical (unpaired) electrons. The summed E-state index contributed by atoms with van der Waals surface area (Å²) in [6.07, 6.45) is 2.64. The van der Waals surface area contributed by atoms with Gasteiger partial charge >= 0.3 is 12.0 Å². The molecule has 2 heterocycles. The molecule has 5 rings (SSSR count). The molecule has 3 unspecified atom stereocenters. The third-order valence-electron chi connectivity index (χ3n) is 7.64. The summed E-state index contributed by atoms with van der Waals surface area (Å²) in [6, 6.07) is 12.2. The van der Waals surface area contributed by atoms with E-state index in [9.17, 15) is 23.1 Å². The number of likely N-dealkylation sites (tertiary alicyclic amines) is 1. The summed E-state index contributed by atoms with van der Waals surface area (Å²) in [5.74, 6) is -2.91. The predicted octanol–water partition coefficient (Wildman–Crippen LogP) is 3.28. The van der Waals surface area contributed by atoms with E-state index < -0.39 is 37.9 Å². The number of carbonyl (C=O) groups is 2. The smallest absolute Gasteiger partial charge is 0.329 e. The normalized spacial score (nSPS) is 26.6. The van der Waals surface area contributed by atoms with Crippen LogP contribution in [0.3, 0.4) is 0 Å². The molecule has 1 saturated heterocycles. The van der Waals surface area contributed by atoms with E-state index in [-0.39, 0.29) is 35.7 Å². The molecule has 0 spiro atoms. The van der Waals surface area contributed by atoms with Crippen molar-refractivity contribution in [1.29, 1.82) is 0 Å². The van der Waals surface area contributed by atoms with Crippen LogP contribution in [0.2, 0.25) is 0 Å². The third kappa shape index (κ3) is 3.64. The van der Waals surface area contributed by atoms with Gasteiger partial charge in [-0.25, -0.2) is 13.2 Å². The first kappa shape index (κ1) is 24.5. The molecule has 9 nitrogen and oxygen atoms in total. The van der Waals surface area contributed by atoms with Gasteiger partial charge in [-0.2, -0.15) is 0 Å². The average molecular weight is 518 g/mol. The number of fused-ring (bicyclic) bond motifs is 3. The molecule has 11 heteroatoms. The Labute approximate surface area is 208 Å². The van der Waals surface area contributed by atoms with E-state index in [1.165, 1.54) is 18.2 Å². The van der Waals surface area contributed by atoms with E-state index in [2.05, 4.69) is 5.32 Å². The zero-order chi connectivity index (χ0) is 25.7. The van der Waals surface area contributed by atoms with Crippen molar-refractivity contribution in [3.63, 3.8) is 0 Å². The molecule has 2 aliphatic heterocycles. The number of carboxylic acids is 1. The maximum atomic E-state index is 16.0. The molecule has 192 valence electrons. The van der Waals surface area contributed by atoms with Crippen molar-refractivity contribution in [1.82, 2.24) is 14.7 Å². The van der Waals surface area contributed by atoms with Crippen LogP contribution in [0.15, 0.2) is 53.4 Å². The summed E-state index contributed by atoms with van der Waals surface area (Å²) < 4.78 is 48.1. The van der Waals surface area contributed by atoms with Gasteiger partial charge in [-0.3, -0.25) is 4.79 Å². The molecule has 2 amide bonds. The summed E-state index contributed by atoms with van der Waals surface area (Å²) in [5, 5.41) is 12.8. The number of para-hydroxylation sites is 1. The van der Waals surface area contributed by atoms with Gasteiger partial charge in [-0.1, -0.05) is 43.3 Å². The van der Waals surface area contributed by atoms with Crippen molar-refractivity contribution in [3.05, 3.63) is 59.7 Å². The Morgan fingerprint density at radius 3 is 2.69 bits per heavy atom. The molecule has 0 aromatic heterocycles. The van der Waals surface area contributed by atoms with Crippen molar-refractivity contribution in [2.24, 2.45) is 5.92 Å². The molecule has 2 fully saturated rings. The lowest BCUT2D eigenvalue weighted by molar-refractivity contribution is -0.149. The van der Waals surface area contributed by atoms with Crippen LogP contribution in [-0.4, -0.2) is 59.7 Å². The van der Waals surface area contributed by atoms with E-state index in [0.29, 0.717) is 17.9 Å². The molecular formula is C25H28FN3O6S. The van der Waals surface area contributed by atoms with E-state index in [1.807, 2.05) is 6.92 Å². The van der Waals surface area contributed by atoms with Crippen LogP contribution in [0, 0.1) is 5.92 Å². The lowest BCUT2D eigenvalue weighted by Gasteiger charge is -2.25. The summed E-state index contributed by atoms with van der Waals surface area (Å²) in [7, 11) is -4.89. The highest BCUT2D eigenvalue weighted by atomic mass is 32.2. The highest BCUT2D eigenvalue weighted by Gasteiger charge is 2.79. The second kappa shape index (κ2) is 9.04. The van der Waals surface area contributed by atoms with E-state index in [1.54, 1.807) is 35.2 Å². The number of aliphatic carboxylic acids is 1.